The summed E-state index contributed by atoms with van der Waals surface area (Å²) >= 11 is 0. The third kappa shape index (κ3) is 4.69. The molecule has 1 fully saturated rings. The van der Waals surface area contributed by atoms with Crippen molar-refractivity contribution in [2.24, 2.45) is 5.90 Å². The second-order valence-corrected chi connectivity index (χ2v) is 10.0. The summed E-state index contributed by atoms with van der Waals surface area (Å²) in [6.07, 6.45) is 4.32. The summed E-state index contributed by atoms with van der Waals surface area (Å²) in [5, 5.41) is 3.07. The number of benzene rings is 3. The summed E-state index contributed by atoms with van der Waals surface area (Å²) < 4.78 is 27.5. The lowest BCUT2D eigenvalue weighted by atomic mass is 9.80. The predicted octanol–water partition coefficient (Wildman–Crippen LogP) is 5.32. The molecule has 6 nitrogen and oxygen atoms in total. The minimum Gasteiger partial charge on any atom is -0.370 e. The van der Waals surface area contributed by atoms with E-state index in [1.54, 1.807) is 30.3 Å². The van der Waals surface area contributed by atoms with Crippen LogP contribution in [0.15, 0.2) is 60.7 Å². The van der Waals surface area contributed by atoms with Crippen molar-refractivity contribution in [2.75, 3.05) is 11.4 Å². The zero-order chi connectivity index (χ0) is 26.2. The van der Waals surface area contributed by atoms with Gasteiger partial charge in [-0.2, -0.15) is 5.90 Å². The van der Waals surface area contributed by atoms with Crippen LogP contribution in [0.2, 0.25) is 0 Å². The van der Waals surface area contributed by atoms with Crippen LogP contribution in [0, 0.1) is 11.6 Å². The fourth-order valence-corrected chi connectivity index (χ4v) is 5.83. The molecule has 0 bridgehead atoms. The number of hydrogen-bond acceptors (Lipinski definition) is 5. The number of para-hydroxylation sites is 1. The SMILES string of the molecule is C[C@H](NC(=O)c1cccc2c1N(Cc1ccc(F)c(F)c1)CC21CCCC1)c1ccc(C(=O)ON)cc1. The molecule has 3 aromatic carbocycles. The molecule has 3 aromatic rings. The van der Waals surface area contributed by atoms with Crippen molar-refractivity contribution >= 4 is 17.6 Å². The standard InChI is InChI=1S/C29H29F2N3O3/c1-18(20-8-10-21(11-9-20)28(36)37-32)33-27(35)22-5-4-6-23-26(22)34(17-29(23)13-2-3-14-29)16-19-7-12-24(30)25(31)15-19/h4-12,15,18H,2-3,13-14,16-17,32H2,1H3,(H,33,35)/t18-/m0/s1. The molecule has 1 amide bonds. The number of fused-ring (bicyclic) bond motifs is 2. The predicted molar refractivity (Wildman–Crippen MR) is 136 cm³/mol. The van der Waals surface area contributed by atoms with Gasteiger partial charge in [0.25, 0.3) is 5.91 Å². The molecular formula is C29H29F2N3O3. The van der Waals surface area contributed by atoms with Crippen LogP contribution >= 0.6 is 0 Å². The lowest BCUT2D eigenvalue weighted by molar-refractivity contribution is 0.0503. The average molecular weight is 506 g/mol. The molecule has 8 heteroatoms. The van der Waals surface area contributed by atoms with Gasteiger partial charge in [-0.1, -0.05) is 43.2 Å². The topological polar surface area (TPSA) is 84.7 Å². The molecule has 37 heavy (non-hydrogen) atoms. The summed E-state index contributed by atoms with van der Waals surface area (Å²) in [5.41, 5.74) is 4.32. The summed E-state index contributed by atoms with van der Waals surface area (Å²) in [5.74, 6) is 2.34. The maximum absolute atomic E-state index is 14.0. The second-order valence-electron chi connectivity index (χ2n) is 10.0. The maximum atomic E-state index is 14.0. The molecule has 0 saturated heterocycles. The summed E-state index contributed by atoms with van der Waals surface area (Å²) in [6.45, 7) is 2.99. The van der Waals surface area contributed by atoms with Crippen molar-refractivity contribution in [1.82, 2.24) is 5.32 Å². The lowest BCUT2D eigenvalue weighted by Gasteiger charge is -2.26. The molecule has 0 radical (unpaired) electrons. The highest BCUT2D eigenvalue weighted by Crippen LogP contribution is 2.52. The molecule has 5 rings (SSSR count). The number of carbonyl (C=O) groups excluding carboxylic acids is 2. The van der Waals surface area contributed by atoms with Crippen LogP contribution in [-0.4, -0.2) is 18.4 Å². The number of nitrogens with two attached hydrogens (primary N) is 1. The Morgan fingerprint density at radius 1 is 1.05 bits per heavy atom. The Kier molecular flexibility index (Phi) is 6.69. The Morgan fingerprint density at radius 2 is 1.78 bits per heavy atom. The fraction of sp³-hybridized carbons (Fsp3) is 0.310. The number of rotatable bonds is 6. The summed E-state index contributed by atoms with van der Waals surface area (Å²) in [4.78, 5) is 31.6. The van der Waals surface area contributed by atoms with Crippen LogP contribution in [0.5, 0.6) is 0 Å². The van der Waals surface area contributed by atoms with Crippen molar-refractivity contribution in [3.63, 3.8) is 0 Å². The highest BCUT2D eigenvalue weighted by atomic mass is 19.2. The van der Waals surface area contributed by atoms with Crippen molar-refractivity contribution in [3.8, 4) is 0 Å². The van der Waals surface area contributed by atoms with Gasteiger partial charge in [-0.05, 0) is 66.8 Å². The van der Waals surface area contributed by atoms with Gasteiger partial charge in [0.05, 0.1) is 22.9 Å². The highest BCUT2D eigenvalue weighted by molar-refractivity contribution is 6.01. The molecule has 2 aliphatic rings. The van der Waals surface area contributed by atoms with Gasteiger partial charge in [-0.3, -0.25) is 4.79 Å². The van der Waals surface area contributed by atoms with E-state index in [1.165, 1.54) is 6.07 Å². The maximum Gasteiger partial charge on any atom is 0.356 e. The summed E-state index contributed by atoms with van der Waals surface area (Å²) in [6, 6.07) is 16.2. The van der Waals surface area contributed by atoms with E-state index in [0.717, 1.165) is 55.1 Å². The molecule has 1 heterocycles. The monoisotopic (exact) mass is 505 g/mol. The Morgan fingerprint density at radius 3 is 2.46 bits per heavy atom. The number of nitrogens with one attached hydrogen (secondary N) is 1. The zero-order valence-electron chi connectivity index (χ0n) is 20.6. The number of halogens is 2. The van der Waals surface area contributed by atoms with E-state index in [1.807, 2.05) is 19.1 Å². The first kappa shape index (κ1) is 24.9. The second kappa shape index (κ2) is 9.94. The number of nitrogens with zero attached hydrogens (tertiary/aromatic N) is 1. The zero-order valence-corrected chi connectivity index (χ0v) is 20.6. The first-order chi connectivity index (χ1) is 17.8. The largest absolute Gasteiger partial charge is 0.370 e. The van der Waals surface area contributed by atoms with Crippen LogP contribution < -0.4 is 16.1 Å². The van der Waals surface area contributed by atoms with Crippen molar-refractivity contribution < 1.29 is 23.2 Å². The third-order valence-corrected chi connectivity index (χ3v) is 7.68. The molecule has 1 spiro atoms. The number of anilines is 1. The first-order valence-corrected chi connectivity index (χ1v) is 12.5. The molecule has 0 aromatic heterocycles. The van der Waals surface area contributed by atoms with Crippen LogP contribution in [0.4, 0.5) is 14.5 Å². The normalized spacial score (nSPS) is 16.5. The van der Waals surface area contributed by atoms with Crippen molar-refractivity contribution in [3.05, 3.63) is 100 Å². The van der Waals surface area contributed by atoms with Crippen LogP contribution in [-0.2, 0) is 16.8 Å². The quantitative estimate of drug-likeness (QED) is 0.443. The van der Waals surface area contributed by atoms with Crippen molar-refractivity contribution in [1.29, 1.82) is 0 Å². The summed E-state index contributed by atoms with van der Waals surface area (Å²) in [7, 11) is 0. The Hall–Kier alpha value is -3.78. The van der Waals surface area contributed by atoms with E-state index in [2.05, 4.69) is 21.1 Å². The molecule has 1 aliphatic carbocycles. The highest BCUT2D eigenvalue weighted by Gasteiger charge is 2.45. The molecule has 3 N–H and O–H groups in total. The van der Waals surface area contributed by atoms with Gasteiger partial charge in [0.1, 0.15) is 0 Å². The van der Waals surface area contributed by atoms with Gasteiger partial charge in [-0.15, -0.1) is 0 Å². The van der Waals surface area contributed by atoms with E-state index in [0.29, 0.717) is 23.2 Å². The van der Waals surface area contributed by atoms with Crippen LogP contribution in [0.3, 0.4) is 0 Å². The lowest BCUT2D eigenvalue weighted by Crippen LogP contribution is -2.32. The Balaban J connectivity index is 1.44. The van der Waals surface area contributed by atoms with E-state index in [9.17, 15) is 18.4 Å². The minimum absolute atomic E-state index is 0.0384. The van der Waals surface area contributed by atoms with Gasteiger partial charge in [0.15, 0.2) is 11.6 Å². The van der Waals surface area contributed by atoms with E-state index in [-0.39, 0.29) is 17.4 Å². The van der Waals surface area contributed by atoms with Gasteiger partial charge in [0.2, 0.25) is 0 Å². The molecule has 1 saturated carbocycles. The van der Waals surface area contributed by atoms with Gasteiger partial charge < -0.3 is 15.1 Å². The average Bonchev–Trinajstić information content (AvgIpc) is 3.50. The van der Waals surface area contributed by atoms with E-state index < -0.39 is 17.6 Å². The van der Waals surface area contributed by atoms with Gasteiger partial charge in [0, 0.05) is 18.5 Å². The van der Waals surface area contributed by atoms with Gasteiger partial charge >= 0.3 is 5.97 Å². The molecule has 1 aliphatic heterocycles. The number of carbonyl (C=O) groups is 2. The first-order valence-electron chi connectivity index (χ1n) is 12.5. The third-order valence-electron chi connectivity index (χ3n) is 7.68. The Bertz CT molecular complexity index is 1340. The van der Waals surface area contributed by atoms with Crippen molar-refractivity contribution in [2.45, 2.75) is 50.6 Å². The minimum atomic E-state index is -0.877. The molecule has 0 unspecified atom stereocenters. The smallest absolute Gasteiger partial charge is 0.356 e. The molecule has 1 atom stereocenters. The Labute approximate surface area is 214 Å². The molecule has 192 valence electrons. The van der Waals surface area contributed by atoms with Crippen LogP contribution in [0.25, 0.3) is 0 Å². The van der Waals surface area contributed by atoms with E-state index >= 15 is 0 Å². The molecular weight excluding hydrogens is 476 g/mol. The number of hydrogen-bond donors (Lipinski definition) is 2. The van der Waals surface area contributed by atoms with Gasteiger partial charge in [-0.25, -0.2) is 13.6 Å². The van der Waals surface area contributed by atoms with Crippen LogP contribution in [0.1, 0.15) is 76.1 Å². The van der Waals surface area contributed by atoms with E-state index in [4.69, 9.17) is 5.90 Å². The number of amides is 1. The fourth-order valence-electron chi connectivity index (χ4n) is 5.83.